The van der Waals surface area contributed by atoms with E-state index in [1.54, 1.807) is 0 Å². The molecule has 0 unspecified atom stereocenters. The predicted molar refractivity (Wildman–Crippen MR) is 96.4 cm³/mol. The molecule has 0 saturated heterocycles. The first-order chi connectivity index (χ1) is 12.1. The van der Waals surface area contributed by atoms with Crippen molar-refractivity contribution in [3.05, 3.63) is 60.2 Å². The maximum atomic E-state index is 11.7. The smallest absolute Gasteiger partial charge is 0.407 e. The molecule has 25 heavy (non-hydrogen) atoms. The van der Waals surface area contributed by atoms with Crippen LogP contribution in [0.5, 0.6) is 0 Å². The second kappa shape index (κ2) is 9.47. The minimum absolute atomic E-state index is 0.202. The largest absolute Gasteiger partial charge is 0.480 e. The summed E-state index contributed by atoms with van der Waals surface area (Å²) in [6.07, 6.45) is 1.17. The molecule has 0 aromatic heterocycles. The Morgan fingerprint density at radius 1 is 1.04 bits per heavy atom. The lowest BCUT2D eigenvalue weighted by atomic mass is 10.0. The van der Waals surface area contributed by atoms with Crippen molar-refractivity contribution in [2.24, 2.45) is 0 Å². The first-order valence-corrected chi connectivity index (χ1v) is 8.40. The van der Waals surface area contributed by atoms with Crippen LogP contribution in [0.1, 0.15) is 25.3 Å². The first-order valence-electron chi connectivity index (χ1n) is 8.40. The fourth-order valence-electron chi connectivity index (χ4n) is 2.39. The van der Waals surface area contributed by atoms with Crippen molar-refractivity contribution in [3.8, 4) is 11.1 Å². The first kappa shape index (κ1) is 18.5. The Labute approximate surface area is 147 Å². The Bertz CT molecular complexity index is 683. The number of carboxylic acid groups (broad SMARTS) is 1. The van der Waals surface area contributed by atoms with E-state index < -0.39 is 18.1 Å². The number of benzene rings is 2. The number of ether oxygens (including phenoxy) is 1. The number of hydrogen-bond donors (Lipinski definition) is 2. The van der Waals surface area contributed by atoms with Crippen LogP contribution in [0.15, 0.2) is 54.6 Å². The standard InChI is InChI=1S/C20H23NO4/c1-2-3-13-25-20(24)21-18(19(22)23)14-15-9-11-17(12-10-15)16-7-5-4-6-8-16/h4-12,18H,2-3,13-14H2,1H3,(H,21,24)(H,22,23)/t18-/m0/s1. The number of carboxylic acids is 1. The van der Waals surface area contributed by atoms with Gasteiger partial charge in [0.25, 0.3) is 0 Å². The van der Waals surface area contributed by atoms with Gasteiger partial charge in [-0.1, -0.05) is 67.9 Å². The van der Waals surface area contributed by atoms with E-state index >= 15 is 0 Å². The molecule has 5 heteroatoms. The summed E-state index contributed by atoms with van der Waals surface area (Å²) in [6, 6.07) is 16.6. The number of rotatable bonds is 8. The highest BCUT2D eigenvalue weighted by atomic mass is 16.5. The minimum Gasteiger partial charge on any atom is -0.480 e. The van der Waals surface area contributed by atoms with Crippen LogP contribution in [0.4, 0.5) is 4.79 Å². The van der Waals surface area contributed by atoms with Crippen molar-refractivity contribution in [3.63, 3.8) is 0 Å². The third kappa shape index (κ3) is 5.95. The van der Waals surface area contributed by atoms with E-state index in [-0.39, 0.29) is 6.42 Å². The van der Waals surface area contributed by atoms with E-state index in [4.69, 9.17) is 4.74 Å². The molecule has 0 fully saturated rings. The van der Waals surface area contributed by atoms with E-state index in [1.807, 2.05) is 61.5 Å². The summed E-state index contributed by atoms with van der Waals surface area (Å²) in [6.45, 7) is 2.28. The normalized spacial score (nSPS) is 11.6. The molecule has 2 N–H and O–H groups in total. The molecular weight excluding hydrogens is 318 g/mol. The number of alkyl carbamates (subject to hydrolysis) is 1. The van der Waals surface area contributed by atoms with Crippen molar-refractivity contribution in [1.29, 1.82) is 0 Å². The molecule has 2 aromatic carbocycles. The van der Waals surface area contributed by atoms with Crippen LogP contribution in [-0.4, -0.2) is 29.8 Å². The van der Waals surface area contributed by atoms with Crippen LogP contribution in [0.2, 0.25) is 0 Å². The molecule has 5 nitrogen and oxygen atoms in total. The summed E-state index contributed by atoms with van der Waals surface area (Å²) in [5.74, 6) is -1.08. The van der Waals surface area contributed by atoms with Gasteiger partial charge in [0.15, 0.2) is 0 Å². The van der Waals surface area contributed by atoms with Gasteiger partial charge in [0.2, 0.25) is 0 Å². The second-order valence-corrected chi connectivity index (χ2v) is 5.79. The molecule has 0 aliphatic carbocycles. The van der Waals surface area contributed by atoms with E-state index in [2.05, 4.69) is 5.32 Å². The number of aliphatic carboxylic acids is 1. The van der Waals surface area contributed by atoms with Gasteiger partial charge in [-0.05, 0) is 23.1 Å². The van der Waals surface area contributed by atoms with E-state index in [1.165, 1.54) is 0 Å². The number of unbranched alkanes of at least 4 members (excludes halogenated alkanes) is 1. The third-order valence-corrected chi connectivity index (χ3v) is 3.82. The molecule has 0 radical (unpaired) electrons. The van der Waals surface area contributed by atoms with Crippen LogP contribution in [0.3, 0.4) is 0 Å². The van der Waals surface area contributed by atoms with Crippen LogP contribution in [0.25, 0.3) is 11.1 Å². The summed E-state index contributed by atoms with van der Waals surface area (Å²) >= 11 is 0. The van der Waals surface area contributed by atoms with Gasteiger partial charge in [-0.3, -0.25) is 0 Å². The third-order valence-electron chi connectivity index (χ3n) is 3.82. The highest BCUT2D eigenvalue weighted by molar-refractivity contribution is 5.80. The average molecular weight is 341 g/mol. The van der Waals surface area contributed by atoms with Gasteiger partial charge in [0, 0.05) is 6.42 Å². The van der Waals surface area contributed by atoms with E-state index in [0.717, 1.165) is 29.5 Å². The van der Waals surface area contributed by atoms with Crippen LogP contribution in [0, 0.1) is 0 Å². The van der Waals surface area contributed by atoms with Crippen molar-refractivity contribution in [2.75, 3.05) is 6.61 Å². The van der Waals surface area contributed by atoms with Crippen LogP contribution in [-0.2, 0) is 16.0 Å². The summed E-state index contributed by atoms with van der Waals surface area (Å²) in [5, 5.41) is 11.7. The number of amides is 1. The lowest BCUT2D eigenvalue weighted by Crippen LogP contribution is -2.42. The summed E-state index contributed by atoms with van der Waals surface area (Å²) in [5.41, 5.74) is 2.99. The van der Waals surface area contributed by atoms with E-state index in [9.17, 15) is 14.7 Å². The quantitative estimate of drug-likeness (QED) is 0.715. The molecule has 0 aliphatic rings. The Hall–Kier alpha value is -2.82. The van der Waals surface area contributed by atoms with Gasteiger partial charge >= 0.3 is 12.1 Å². The molecule has 0 bridgehead atoms. The highest BCUT2D eigenvalue weighted by Crippen LogP contribution is 2.19. The molecule has 0 heterocycles. The maximum absolute atomic E-state index is 11.7. The number of carbonyl (C=O) groups is 2. The van der Waals surface area contributed by atoms with Gasteiger partial charge < -0.3 is 15.2 Å². The Morgan fingerprint density at radius 3 is 2.28 bits per heavy atom. The molecule has 0 aliphatic heterocycles. The maximum Gasteiger partial charge on any atom is 0.407 e. The van der Waals surface area contributed by atoms with E-state index in [0.29, 0.717) is 6.61 Å². The fraction of sp³-hybridized carbons (Fsp3) is 0.300. The SMILES string of the molecule is CCCCOC(=O)N[C@@H](Cc1ccc(-c2ccccc2)cc1)C(=O)O. The molecular formula is C20H23NO4. The Morgan fingerprint density at radius 2 is 1.68 bits per heavy atom. The molecule has 1 atom stereocenters. The van der Waals surface area contributed by atoms with Crippen LogP contribution >= 0.6 is 0 Å². The van der Waals surface area contributed by atoms with Gasteiger partial charge in [-0.2, -0.15) is 0 Å². The zero-order valence-corrected chi connectivity index (χ0v) is 14.3. The van der Waals surface area contributed by atoms with Gasteiger partial charge in [0.05, 0.1) is 6.61 Å². The Kier molecular flexibility index (Phi) is 7.01. The van der Waals surface area contributed by atoms with Crippen molar-refractivity contribution in [1.82, 2.24) is 5.32 Å². The molecule has 2 rings (SSSR count). The summed E-state index contributed by atoms with van der Waals surface area (Å²) in [4.78, 5) is 23.1. The predicted octanol–water partition coefficient (Wildman–Crippen LogP) is 3.88. The number of carbonyl (C=O) groups excluding carboxylic acids is 1. The highest BCUT2D eigenvalue weighted by Gasteiger charge is 2.21. The molecule has 2 aromatic rings. The van der Waals surface area contributed by atoms with Crippen LogP contribution < -0.4 is 5.32 Å². The average Bonchev–Trinajstić information content (AvgIpc) is 2.62. The van der Waals surface area contributed by atoms with Crippen molar-refractivity contribution < 1.29 is 19.4 Å². The van der Waals surface area contributed by atoms with Crippen molar-refractivity contribution in [2.45, 2.75) is 32.2 Å². The zero-order chi connectivity index (χ0) is 18.1. The van der Waals surface area contributed by atoms with Crippen molar-refractivity contribution >= 4 is 12.1 Å². The topological polar surface area (TPSA) is 75.6 Å². The summed E-state index contributed by atoms with van der Waals surface area (Å²) in [7, 11) is 0. The molecule has 0 spiro atoms. The monoisotopic (exact) mass is 341 g/mol. The summed E-state index contributed by atoms with van der Waals surface area (Å²) < 4.78 is 4.96. The minimum atomic E-state index is -1.08. The van der Waals surface area contributed by atoms with Gasteiger partial charge in [-0.25, -0.2) is 9.59 Å². The molecule has 0 saturated carbocycles. The second-order valence-electron chi connectivity index (χ2n) is 5.79. The lowest BCUT2D eigenvalue weighted by Gasteiger charge is -2.15. The number of hydrogen-bond acceptors (Lipinski definition) is 3. The molecule has 132 valence electrons. The lowest BCUT2D eigenvalue weighted by molar-refractivity contribution is -0.139. The Balaban J connectivity index is 1.97. The zero-order valence-electron chi connectivity index (χ0n) is 14.3. The van der Waals surface area contributed by atoms with Gasteiger partial charge in [-0.15, -0.1) is 0 Å². The van der Waals surface area contributed by atoms with Gasteiger partial charge in [0.1, 0.15) is 6.04 Å². The fourth-order valence-corrected chi connectivity index (χ4v) is 2.39. The molecule has 1 amide bonds. The number of nitrogens with one attached hydrogen (secondary N) is 1.